The Labute approximate surface area is 114 Å². The van der Waals surface area contributed by atoms with Gasteiger partial charge in [0, 0.05) is 23.8 Å². The molecule has 2 aromatic rings. The second-order valence-corrected chi connectivity index (χ2v) is 5.96. The second kappa shape index (κ2) is 5.60. The summed E-state index contributed by atoms with van der Waals surface area (Å²) < 4.78 is 0. The summed E-state index contributed by atoms with van der Waals surface area (Å²) >= 11 is 3.09. The molecule has 0 saturated heterocycles. The van der Waals surface area contributed by atoms with Crippen molar-refractivity contribution in [1.82, 2.24) is 9.88 Å². The number of nitrogens with zero attached hydrogens (tertiary/aromatic N) is 2. The van der Waals surface area contributed by atoms with Crippen LogP contribution in [0.3, 0.4) is 0 Å². The van der Waals surface area contributed by atoms with Crippen molar-refractivity contribution in [2.75, 3.05) is 7.05 Å². The third kappa shape index (κ3) is 2.77. The summed E-state index contributed by atoms with van der Waals surface area (Å²) in [6.45, 7) is 3.06. The molecular formula is C12H15N3OS2. The van der Waals surface area contributed by atoms with Crippen molar-refractivity contribution in [2.45, 2.75) is 20.0 Å². The van der Waals surface area contributed by atoms with E-state index in [1.54, 1.807) is 28.7 Å². The highest BCUT2D eigenvalue weighted by Gasteiger charge is 2.16. The number of hydrogen-bond acceptors (Lipinski definition) is 5. The Morgan fingerprint density at radius 2 is 2.28 bits per heavy atom. The molecule has 0 aliphatic heterocycles. The van der Waals surface area contributed by atoms with Gasteiger partial charge >= 0.3 is 0 Å². The van der Waals surface area contributed by atoms with Crippen LogP contribution in [0.2, 0.25) is 0 Å². The predicted molar refractivity (Wildman–Crippen MR) is 74.9 cm³/mol. The van der Waals surface area contributed by atoms with E-state index in [2.05, 4.69) is 18.0 Å². The Hall–Kier alpha value is -1.24. The smallest absolute Gasteiger partial charge is 0.273 e. The van der Waals surface area contributed by atoms with E-state index >= 15 is 0 Å². The van der Waals surface area contributed by atoms with Gasteiger partial charge in [-0.15, -0.1) is 22.7 Å². The molecule has 18 heavy (non-hydrogen) atoms. The van der Waals surface area contributed by atoms with Gasteiger partial charge in [-0.05, 0) is 23.9 Å². The van der Waals surface area contributed by atoms with Gasteiger partial charge in [-0.2, -0.15) is 0 Å². The maximum Gasteiger partial charge on any atom is 0.273 e. The molecule has 0 aromatic carbocycles. The van der Waals surface area contributed by atoms with Crippen LogP contribution in [0.1, 0.15) is 25.9 Å². The zero-order valence-corrected chi connectivity index (χ0v) is 12.0. The molecular weight excluding hydrogens is 266 g/mol. The number of hydrogen-bond donors (Lipinski definition) is 1. The van der Waals surface area contributed by atoms with Gasteiger partial charge in [0.1, 0.15) is 10.7 Å². The lowest BCUT2D eigenvalue weighted by atomic mass is 10.3. The van der Waals surface area contributed by atoms with E-state index in [0.717, 1.165) is 5.01 Å². The highest BCUT2D eigenvalue weighted by molar-refractivity contribution is 7.10. The van der Waals surface area contributed by atoms with Gasteiger partial charge in [0.25, 0.3) is 5.91 Å². The zero-order chi connectivity index (χ0) is 13.1. The van der Waals surface area contributed by atoms with Crippen LogP contribution in [0.15, 0.2) is 16.8 Å². The first-order chi connectivity index (χ1) is 8.61. The number of thiazole rings is 1. The highest BCUT2D eigenvalue weighted by atomic mass is 32.1. The number of carbonyl (C=O) groups excluding carboxylic acids is 1. The Morgan fingerprint density at radius 1 is 1.50 bits per heavy atom. The molecule has 4 nitrogen and oxygen atoms in total. The van der Waals surface area contributed by atoms with E-state index in [1.165, 1.54) is 21.8 Å². The number of aryl methyl sites for hydroxylation is 1. The lowest BCUT2D eigenvalue weighted by molar-refractivity contribution is 0.0781. The molecule has 0 spiro atoms. The first-order valence-electron chi connectivity index (χ1n) is 5.54. The van der Waals surface area contributed by atoms with Crippen molar-refractivity contribution in [3.63, 3.8) is 0 Å². The van der Waals surface area contributed by atoms with Crippen LogP contribution in [-0.2, 0) is 13.1 Å². The van der Waals surface area contributed by atoms with Gasteiger partial charge in [0.2, 0.25) is 0 Å². The van der Waals surface area contributed by atoms with E-state index in [-0.39, 0.29) is 5.91 Å². The van der Waals surface area contributed by atoms with Crippen molar-refractivity contribution in [1.29, 1.82) is 0 Å². The largest absolute Gasteiger partial charge is 0.335 e. The molecule has 2 heterocycles. The van der Waals surface area contributed by atoms with Gasteiger partial charge < -0.3 is 10.6 Å². The summed E-state index contributed by atoms with van der Waals surface area (Å²) in [5.41, 5.74) is 7.20. The second-order valence-electron chi connectivity index (χ2n) is 4.02. The van der Waals surface area contributed by atoms with Crippen LogP contribution in [0.25, 0.3) is 0 Å². The summed E-state index contributed by atoms with van der Waals surface area (Å²) in [6, 6.07) is 2.06. The number of aromatic nitrogens is 1. The molecule has 2 N–H and O–H groups in total. The number of carbonyl (C=O) groups is 1. The fourth-order valence-electron chi connectivity index (χ4n) is 1.55. The molecule has 0 atom stereocenters. The van der Waals surface area contributed by atoms with Crippen LogP contribution in [0, 0.1) is 6.92 Å². The van der Waals surface area contributed by atoms with Crippen LogP contribution < -0.4 is 5.73 Å². The Bertz CT molecular complexity index is 547. The molecule has 1 amide bonds. The summed E-state index contributed by atoms with van der Waals surface area (Å²) in [4.78, 5) is 19.2. The Morgan fingerprint density at radius 3 is 2.83 bits per heavy atom. The minimum atomic E-state index is -0.0567. The van der Waals surface area contributed by atoms with Crippen LogP contribution >= 0.6 is 22.7 Å². The van der Waals surface area contributed by atoms with Gasteiger partial charge in [-0.1, -0.05) is 0 Å². The molecule has 0 radical (unpaired) electrons. The molecule has 96 valence electrons. The molecule has 0 fully saturated rings. The summed E-state index contributed by atoms with van der Waals surface area (Å²) in [5.74, 6) is -0.0567. The summed E-state index contributed by atoms with van der Waals surface area (Å²) in [5, 5.41) is 4.60. The van der Waals surface area contributed by atoms with Crippen molar-refractivity contribution in [2.24, 2.45) is 5.73 Å². The average Bonchev–Trinajstić information content (AvgIpc) is 2.98. The third-order valence-corrected chi connectivity index (χ3v) is 4.52. The van der Waals surface area contributed by atoms with Crippen molar-refractivity contribution < 1.29 is 4.79 Å². The van der Waals surface area contributed by atoms with Crippen LogP contribution in [0.4, 0.5) is 0 Å². The van der Waals surface area contributed by atoms with E-state index in [0.29, 0.717) is 18.8 Å². The minimum absolute atomic E-state index is 0.0567. The molecule has 6 heteroatoms. The topological polar surface area (TPSA) is 59.2 Å². The summed E-state index contributed by atoms with van der Waals surface area (Å²) in [6.07, 6.45) is 0. The van der Waals surface area contributed by atoms with Gasteiger partial charge in [0.15, 0.2) is 0 Å². The van der Waals surface area contributed by atoms with E-state index in [9.17, 15) is 4.79 Å². The van der Waals surface area contributed by atoms with Crippen molar-refractivity contribution in [3.05, 3.63) is 38.0 Å². The molecule has 2 aromatic heterocycles. The lowest BCUT2D eigenvalue weighted by Crippen LogP contribution is -2.26. The minimum Gasteiger partial charge on any atom is -0.335 e. The van der Waals surface area contributed by atoms with Gasteiger partial charge in [-0.25, -0.2) is 4.98 Å². The number of thiophene rings is 1. The van der Waals surface area contributed by atoms with Gasteiger partial charge in [0.05, 0.1) is 6.54 Å². The number of amides is 1. The first kappa shape index (κ1) is 13.2. The standard InChI is InChI=1S/C12H15N3OS2/c1-8-3-4-17-10(8)6-15(2)12(16)9-7-18-11(5-13)14-9/h3-4,7H,5-6,13H2,1-2H3. The van der Waals surface area contributed by atoms with Crippen molar-refractivity contribution >= 4 is 28.6 Å². The average molecular weight is 281 g/mol. The van der Waals surface area contributed by atoms with Crippen molar-refractivity contribution in [3.8, 4) is 0 Å². The van der Waals surface area contributed by atoms with Crippen LogP contribution in [0.5, 0.6) is 0 Å². The van der Waals surface area contributed by atoms with Crippen LogP contribution in [-0.4, -0.2) is 22.8 Å². The predicted octanol–water partition coefficient (Wildman–Crippen LogP) is 2.24. The van der Waals surface area contributed by atoms with E-state index in [1.807, 2.05) is 5.38 Å². The molecule has 0 aliphatic carbocycles. The number of rotatable bonds is 4. The first-order valence-corrected chi connectivity index (χ1v) is 7.30. The monoisotopic (exact) mass is 281 g/mol. The quantitative estimate of drug-likeness (QED) is 0.935. The molecule has 0 aliphatic rings. The molecule has 0 unspecified atom stereocenters. The van der Waals surface area contributed by atoms with E-state index < -0.39 is 0 Å². The lowest BCUT2D eigenvalue weighted by Gasteiger charge is -2.15. The molecule has 0 saturated carbocycles. The van der Waals surface area contributed by atoms with E-state index in [4.69, 9.17) is 5.73 Å². The Kier molecular flexibility index (Phi) is 4.11. The number of nitrogens with two attached hydrogens (primary N) is 1. The molecule has 0 bridgehead atoms. The normalized spacial score (nSPS) is 10.6. The highest BCUT2D eigenvalue weighted by Crippen LogP contribution is 2.18. The SMILES string of the molecule is Cc1ccsc1CN(C)C(=O)c1csc(CN)n1. The third-order valence-electron chi connectivity index (χ3n) is 2.64. The fraction of sp³-hybridized carbons (Fsp3) is 0.333. The maximum atomic E-state index is 12.1. The Balaban J connectivity index is 2.07. The zero-order valence-electron chi connectivity index (χ0n) is 10.3. The van der Waals surface area contributed by atoms with Gasteiger partial charge in [-0.3, -0.25) is 4.79 Å². The molecule has 2 rings (SSSR count). The summed E-state index contributed by atoms with van der Waals surface area (Å²) in [7, 11) is 1.79. The fourth-order valence-corrected chi connectivity index (χ4v) is 3.16. The maximum absolute atomic E-state index is 12.1.